The number of hydrogen-bond donors (Lipinski definition) is 0. The van der Waals surface area contributed by atoms with Crippen LogP contribution in [0.5, 0.6) is 0 Å². The lowest BCUT2D eigenvalue weighted by molar-refractivity contribution is -0.170. The van der Waals surface area contributed by atoms with Gasteiger partial charge in [0.15, 0.2) is 0 Å². The lowest BCUT2D eigenvalue weighted by atomic mass is 10.3. The van der Waals surface area contributed by atoms with Crippen LogP contribution in [0.25, 0.3) is 0 Å². The van der Waals surface area contributed by atoms with Crippen LogP contribution in [0.15, 0.2) is 29.2 Å². The Bertz CT molecular complexity index is 389. The number of halogens is 3. The molecule has 0 N–H and O–H groups in total. The second-order valence-corrected chi connectivity index (χ2v) is 4.63. The van der Waals surface area contributed by atoms with Crippen LogP contribution in [0.2, 0.25) is 0 Å². The van der Waals surface area contributed by atoms with Gasteiger partial charge in [0.25, 0.3) is 0 Å². The maximum absolute atomic E-state index is 12.2. The zero-order chi connectivity index (χ0) is 13.1. The fourth-order valence-electron chi connectivity index (χ4n) is 1.24. The van der Waals surface area contributed by atoms with E-state index >= 15 is 0 Å². The molecule has 94 valence electrons. The van der Waals surface area contributed by atoms with Crippen LogP contribution in [0.3, 0.4) is 0 Å². The van der Waals surface area contributed by atoms with Crippen molar-refractivity contribution >= 4 is 23.4 Å². The minimum absolute atomic E-state index is 0.229. The molecule has 0 atom stereocenters. The third kappa shape index (κ3) is 3.66. The minimum atomic E-state index is -4.84. The Labute approximate surface area is 102 Å². The average molecular weight is 263 g/mol. The summed E-state index contributed by atoms with van der Waals surface area (Å²) in [7, 11) is 1.11. The van der Waals surface area contributed by atoms with Crippen molar-refractivity contribution in [2.24, 2.45) is 0 Å². The van der Waals surface area contributed by atoms with Gasteiger partial charge in [-0.3, -0.25) is 4.79 Å². The lowest BCUT2D eigenvalue weighted by Gasteiger charge is -2.18. The smallest absolute Gasteiger partial charge is 0.308 e. The lowest BCUT2D eigenvalue weighted by Crippen LogP contribution is -2.38. The third-order valence-corrected chi connectivity index (χ3v) is 2.98. The fourth-order valence-corrected chi connectivity index (χ4v) is 1.90. The molecular weight excluding hydrogens is 251 g/mol. The van der Waals surface area contributed by atoms with Gasteiger partial charge in [0, 0.05) is 17.6 Å². The predicted octanol–water partition coefficient (Wildman–Crippen LogP) is 3.32. The summed E-state index contributed by atoms with van der Waals surface area (Å²) in [6, 6.07) is 6.40. The summed E-state index contributed by atoms with van der Waals surface area (Å²) in [6.07, 6.45) is -4.84. The van der Waals surface area contributed by atoms with Gasteiger partial charge < -0.3 is 4.90 Å². The first-order chi connectivity index (χ1) is 7.86. The summed E-state index contributed by atoms with van der Waals surface area (Å²) in [5.74, 6) is -0.982. The van der Waals surface area contributed by atoms with Gasteiger partial charge in [-0.05, 0) is 30.0 Å². The highest BCUT2D eigenvalue weighted by atomic mass is 32.2. The summed E-state index contributed by atoms with van der Waals surface area (Å²) in [5.41, 5.74) is 0.229. The molecule has 1 rings (SSSR count). The monoisotopic (exact) mass is 263 g/mol. The van der Waals surface area contributed by atoms with Crippen molar-refractivity contribution in [1.29, 1.82) is 0 Å². The summed E-state index contributed by atoms with van der Waals surface area (Å²) in [6.45, 7) is 1.98. The van der Waals surface area contributed by atoms with Crippen LogP contribution < -0.4 is 4.90 Å². The molecule has 2 nitrogen and oxygen atoms in total. The van der Waals surface area contributed by atoms with Crippen LogP contribution in [-0.4, -0.2) is 24.9 Å². The van der Waals surface area contributed by atoms with Crippen molar-refractivity contribution in [2.75, 3.05) is 17.7 Å². The van der Waals surface area contributed by atoms with Crippen molar-refractivity contribution in [3.63, 3.8) is 0 Å². The molecule has 0 bridgehead atoms. The second-order valence-electron chi connectivity index (χ2n) is 3.29. The summed E-state index contributed by atoms with van der Waals surface area (Å²) < 4.78 is 36.6. The molecule has 1 amide bonds. The van der Waals surface area contributed by atoms with Gasteiger partial charge in [-0.15, -0.1) is 11.8 Å². The zero-order valence-corrected chi connectivity index (χ0v) is 10.2. The molecule has 0 fully saturated rings. The van der Waals surface area contributed by atoms with Crippen LogP contribution in [0, 0.1) is 0 Å². The van der Waals surface area contributed by atoms with E-state index in [1.807, 2.05) is 6.92 Å². The van der Waals surface area contributed by atoms with Gasteiger partial charge in [0.1, 0.15) is 0 Å². The molecule has 17 heavy (non-hydrogen) atoms. The Morgan fingerprint density at radius 2 is 1.82 bits per heavy atom. The second kappa shape index (κ2) is 5.44. The standard InChI is InChI=1S/C11H12F3NOS/c1-3-17-9-6-4-8(5-7-9)15(2)10(16)11(12,13)14/h4-7H,3H2,1-2H3. The highest BCUT2D eigenvalue weighted by Crippen LogP contribution is 2.25. The Morgan fingerprint density at radius 1 is 1.29 bits per heavy atom. The van der Waals surface area contributed by atoms with E-state index in [9.17, 15) is 18.0 Å². The number of hydrogen-bond acceptors (Lipinski definition) is 2. The topological polar surface area (TPSA) is 20.3 Å². The molecule has 0 saturated heterocycles. The Hall–Kier alpha value is -1.17. The Kier molecular flexibility index (Phi) is 4.45. The molecule has 0 heterocycles. The summed E-state index contributed by atoms with van der Waals surface area (Å²) in [5, 5.41) is 0. The van der Waals surface area contributed by atoms with Crippen LogP contribution >= 0.6 is 11.8 Å². The molecule has 0 unspecified atom stereocenters. The van der Waals surface area contributed by atoms with Gasteiger partial charge in [-0.2, -0.15) is 13.2 Å². The van der Waals surface area contributed by atoms with E-state index in [1.54, 1.807) is 23.9 Å². The molecule has 0 saturated carbocycles. The number of rotatable bonds is 3. The zero-order valence-electron chi connectivity index (χ0n) is 9.41. The summed E-state index contributed by atoms with van der Waals surface area (Å²) >= 11 is 1.58. The normalized spacial score (nSPS) is 11.4. The third-order valence-electron chi connectivity index (χ3n) is 2.08. The number of benzene rings is 1. The number of nitrogens with zero attached hydrogens (tertiary/aromatic N) is 1. The van der Waals surface area contributed by atoms with E-state index in [-0.39, 0.29) is 5.69 Å². The Balaban J connectivity index is 2.83. The molecule has 0 aromatic heterocycles. The number of alkyl halides is 3. The first-order valence-corrected chi connectivity index (χ1v) is 5.92. The molecular formula is C11H12F3NOS. The SMILES string of the molecule is CCSc1ccc(N(C)C(=O)C(F)(F)F)cc1. The van der Waals surface area contributed by atoms with Gasteiger partial charge >= 0.3 is 12.1 Å². The van der Waals surface area contributed by atoms with Crippen molar-refractivity contribution in [3.05, 3.63) is 24.3 Å². The predicted molar refractivity (Wildman–Crippen MR) is 62.3 cm³/mol. The first kappa shape index (κ1) is 13.9. The average Bonchev–Trinajstić information content (AvgIpc) is 2.27. The van der Waals surface area contributed by atoms with E-state index < -0.39 is 12.1 Å². The fraction of sp³-hybridized carbons (Fsp3) is 0.364. The molecule has 0 aliphatic rings. The van der Waals surface area contributed by atoms with E-state index in [4.69, 9.17) is 0 Å². The van der Waals surface area contributed by atoms with E-state index in [0.717, 1.165) is 17.7 Å². The van der Waals surface area contributed by atoms with E-state index in [0.29, 0.717) is 4.90 Å². The Morgan fingerprint density at radius 3 is 2.24 bits per heavy atom. The molecule has 0 radical (unpaired) electrons. The van der Waals surface area contributed by atoms with Crippen LogP contribution in [-0.2, 0) is 4.79 Å². The molecule has 1 aromatic rings. The van der Waals surface area contributed by atoms with Crippen LogP contribution in [0.1, 0.15) is 6.92 Å². The molecule has 0 aliphatic carbocycles. The van der Waals surface area contributed by atoms with Gasteiger partial charge in [-0.25, -0.2) is 0 Å². The molecule has 0 aliphatic heterocycles. The van der Waals surface area contributed by atoms with E-state index in [1.165, 1.54) is 12.1 Å². The van der Waals surface area contributed by atoms with Gasteiger partial charge in [-0.1, -0.05) is 6.92 Å². The van der Waals surface area contributed by atoms with Crippen molar-refractivity contribution < 1.29 is 18.0 Å². The maximum Gasteiger partial charge on any atom is 0.471 e. The number of carbonyl (C=O) groups is 1. The first-order valence-electron chi connectivity index (χ1n) is 4.94. The van der Waals surface area contributed by atoms with E-state index in [2.05, 4.69) is 0 Å². The number of amides is 1. The van der Waals surface area contributed by atoms with Crippen molar-refractivity contribution in [3.8, 4) is 0 Å². The van der Waals surface area contributed by atoms with Crippen molar-refractivity contribution in [2.45, 2.75) is 18.0 Å². The minimum Gasteiger partial charge on any atom is -0.308 e. The largest absolute Gasteiger partial charge is 0.471 e. The number of carbonyl (C=O) groups excluding carboxylic acids is 1. The number of thioether (sulfide) groups is 1. The summed E-state index contributed by atoms with van der Waals surface area (Å²) in [4.78, 5) is 12.5. The highest BCUT2D eigenvalue weighted by molar-refractivity contribution is 7.99. The quantitative estimate of drug-likeness (QED) is 0.780. The molecule has 1 aromatic carbocycles. The highest BCUT2D eigenvalue weighted by Gasteiger charge is 2.41. The molecule has 6 heteroatoms. The van der Waals surface area contributed by atoms with Crippen molar-refractivity contribution in [1.82, 2.24) is 0 Å². The van der Waals surface area contributed by atoms with Gasteiger partial charge in [0.2, 0.25) is 0 Å². The van der Waals surface area contributed by atoms with Gasteiger partial charge in [0.05, 0.1) is 0 Å². The maximum atomic E-state index is 12.2. The molecule has 0 spiro atoms. The van der Waals surface area contributed by atoms with Crippen LogP contribution in [0.4, 0.5) is 18.9 Å². The number of anilines is 1.